The third kappa shape index (κ3) is 4.67. The van der Waals surface area contributed by atoms with Crippen molar-refractivity contribution in [3.05, 3.63) is 0 Å². The van der Waals surface area contributed by atoms with E-state index in [1.165, 1.54) is 6.92 Å². The van der Waals surface area contributed by atoms with Gasteiger partial charge in [-0.25, -0.2) is 10.6 Å². The van der Waals surface area contributed by atoms with Crippen LogP contribution in [0.25, 0.3) is 0 Å². The van der Waals surface area contributed by atoms with Crippen molar-refractivity contribution in [2.45, 2.75) is 25.9 Å². The van der Waals surface area contributed by atoms with Crippen LogP contribution in [0.5, 0.6) is 0 Å². The maximum Gasteiger partial charge on any atom is 0.318 e. The van der Waals surface area contributed by atoms with Gasteiger partial charge in [0.25, 0.3) is 5.91 Å². The summed E-state index contributed by atoms with van der Waals surface area (Å²) in [5.74, 6) is 4.00. The van der Waals surface area contributed by atoms with Crippen molar-refractivity contribution in [3.8, 4) is 0 Å². The number of carbonyl (C=O) groups is 3. The maximum absolute atomic E-state index is 11.9. The summed E-state index contributed by atoms with van der Waals surface area (Å²) < 4.78 is 5.14. The number of hydrogen-bond donors (Lipinski definition) is 4. The van der Waals surface area contributed by atoms with Gasteiger partial charge in [-0.15, -0.1) is 0 Å². The molecule has 2 atom stereocenters. The summed E-state index contributed by atoms with van der Waals surface area (Å²) in [7, 11) is 0. The summed E-state index contributed by atoms with van der Waals surface area (Å²) >= 11 is 0. The third-order valence-electron chi connectivity index (χ3n) is 2.93. The molecule has 20 heavy (non-hydrogen) atoms. The zero-order valence-corrected chi connectivity index (χ0v) is 11.6. The fourth-order valence-corrected chi connectivity index (χ4v) is 1.64. The summed E-state index contributed by atoms with van der Waals surface area (Å²) in [5.41, 5.74) is 1.94. The van der Waals surface area contributed by atoms with Crippen LogP contribution in [0.4, 0.5) is 4.79 Å². The van der Waals surface area contributed by atoms with Gasteiger partial charge in [-0.05, 0) is 13.8 Å². The molecule has 0 aliphatic carbocycles. The topological polar surface area (TPSA) is 126 Å². The van der Waals surface area contributed by atoms with Crippen molar-refractivity contribution in [1.29, 1.82) is 0 Å². The van der Waals surface area contributed by atoms with E-state index < -0.39 is 23.9 Å². The molecule has 1 heterocycles. The average molecular weight is 287 g/mol. The Morgan fingerprint density at radius 1 is 1.05 bits per heavy atom. The van der Waals surface area contributed by atoms with Crippen molar-refractivity contribution in [1.82, 2.24) is 21.0 Å². The van der Waals surface area contributed by atoms with Gasteiger partial charge in [-0.2, -0.15) is 0 Å². The number of nitrogens with two attached hydrogens (primary N) is 1. The van der Waals surface area contributed by atoms with Crippen LogP contribution in [0.15, 0.2) is 0 Å². The van der Waals surface area contributed by atoms with Crippen LogP contribution in [0.2, 0.25) is 0 Å². The van der Waals surface area contributed by atoms with Crippen LogP contribution < -0.4 is 21.9 Å². The first-order valence-electron chi connectivity index (χ1n) is 6.39. The van der Waals surface area contributed by atoms with E-state index in [-0.39, 0.29) is 6.03 Å². The molecule has 0 aromatic heterocycles. The molecule has 0 radical (unpaired) electrons. The Balaban J connectivity index is 2.40. The molecular weight excluding hydrogens is 266 g/mol. The zero-order valence-electron chi connectivity index (χ0n) is 11.6. The number of carbonyl (C=O) groups excluding carboxylic acids is 3. The fourth-order valence-electron chi connectivity index (χ4n) is 1.64. The van der Waals surface area contributed by atoms with Gasteiger partial charge in [0.2, 0.25) is 5.91 Å². The Labute approximate surface area is 117 Å². The molecule has 1 aliphatic rings. The molecule has 0 bridgehead atoms. The van der Waals surface area contributed by atoms with Crippen molar-refractivity contribution >= 4 is 17.8 Å². The Hall–Kier alpha value is -1.87. The molecule has 9 heteroatoms. The van der Waals surface area contributed by atoms with Crippen LogP contribution in [0, 0.1) is 0 Å². The van der Waals surface area contributed by atoms with Crippen LogP contribution in [-0.2, 0) is 14.3 Å². The molecule has 0 spiro atoms. The molecule has 1 fully saturated rings. The highest BCUT2D eigenvalue weighted by molar-refractivity contribution is 5.91. The predicted molar refractivity (Wildman–Crippen MR) is 70.3 cm³/mol. The largest absolute Gasteiger partial charge is 0.378 e. The SMILES string of the molecule is C[C@H](NC(=O)[C@H](C)NC(=O)N1CCOCC1)C(=O)NN. The highest BCUT2D eigenvalue weighted by Gasteiger charge is 2.23. The average Bonchev–Trinajstić information content (AvgIpc) is 2.46. The van der Waals surface area contributed by atoms with Crippen LogP contribution >= 0.6 is 0 Å². The first-order valence-corrected chi connectivity index (χ1v) is 6.39. The molecule has 5 N–H and O–H groups in total. The van der Waals surface area contributed by atoms with Crippen LogP contribution in [-0.4, -0.2) is 61.1 Å². The second kappa shape index (κ2) is 7.65. The van der Waals surface area contributed by atoms with Gasteiger partial charge >= 0.3 is 6.03 Å². The standard InChI is InChI=1S/C11H21N5O4/c1-7(9(17)13-8(2)10(18)15-12)14-11(19)16-3-5-20-6-4-16/h7-8H,3-6,12H2,1-2H3,(H,13,17)(H,14,19)(H,15,18)/t7-,8-/m0/s1. The molecule has 1 saturated heterocycles. The summed E-state index contributed by atoms with van der Waals surface area (Å²) in [6.07, 6.45) is 0. The van der Waals surface area contributed by atoms with E-state index in [1.807, 2.05) is 5.43 Å². The maximum atomic E-state index is 11.9. The molecule has 9 nitrogen and oxygen atoms in total. The molecule has 0 aromatic carbocycles. The Morgan fingerprint density at radius 2 is 1.60 bits per heavy atom. The van der Waals surface area contributed by atoms with Gasteiger partial charge in [-0.1, -0.05) is 0 Å². The molecule has 4 amide bonds. The summed E-state index contributed by atoms with van der Waals surface area (Å²) in [6, 6.07) is -1.85. The highest BCUT2D eigenvalue weighted by Crippen LogP contribution is 1.98. The van der Waals surface area contributed by atoms with Gasteiger partial charge < -0.3 is 20.3 Å². The van der Waals surface area contributed by atoms with E-state index in [0.717, 1.165) is 0 Å². The van der Waals surface area contributed by atoms with Gasteiger partial charge in [0.1, 0.15) is 12.1 Å². The van der Waals surface area contributed by atoms with Crippen LogP contribution in [0.1, 0.15) is 13.8 Å². The van der Waals surface area contributed by atoms with Gasteiger partial charge in [0.05, 0.1) is 13.2 Å². The molecule has 0 saturated carbocycles. The predicted octanol–water partition coefficient (Wildman–Crippen LogP) is -2.09. The van der Waals surface area contributed by atoms with E-state index >= 15 is 0 Å². The number of ether oxygens (including phenoxy) is 1. The lowest BCUT2D eigenvalue weighted by molar-refractivity contribution is -0.129. The van der Waals surface area contributed by atoms with Crippen molar-refractivity contribution in [2.24, 2.45) is 5.84 Å². The van der Waals surface area contributed by atoms with Gasteiger partial charge in [-0.3, -0.25) is 15.0 Å². The molecule has 114 valence electrons. The lowest BCUT2D eigenvalue weighted by Crippen LogP contribution is -2.55. The molecule has 1 aliphatic heterocycles. The number of amides is 4. The highest BCUT2D eigenvalue weighted by atomic mass is 16.5. The second-order valence-corrected chi connectivity index (χ2v) is 4.51. The fraction of sp³-hybridized carbons (Fsp3) is 0.727. The van der Waals surface area contributed by atoms with Crippen LogP contribution in [0.3, 0.4) is 0 Å². The normalized spacial score (nSPS) is 17.9. The Kier molecular flexibility index (Phi) is 6.19. The third-order valence-corrected chi connectivity index (χ3v) is 2.93. The zero-order chi connectivity index (χ0) is 15.1. The minimum Gasteiger partial charge on any atom is -0.378 e. The van der Waals surface area contributed by atoms with E-state index in [2.05, 4.69) is 10.6 Å². The number of hydrogen-bond acceptors (Lipinski definition) is 5. The first-order chi connectivity index (χ1) is 9.45. The van der Waals surface area contributed by atoms with E-state index in [0.29, 0.717) is 26.3 Å². The minimum atomic E-state index is -0.768. The van der Waals surface area contributed by atoms with E-state index in [1.54, 1.807) is 11.8 Å². The van der Waals surface area contributed by atoms with Gasteiger partial charge in [0, 0.05) is 13.1 Å². The number of urea groups is 1. The van der Waals surface area contributed by atoms with E-state index in [4.69, 9.17) is 10.6 Å². The van der Waals surface area contributed by atoms with Crippen molar-refractivity contribution in [3.63, 3.8) is 0 Å². The number of nitrogens with zero attached hydrogens (tertiary/aromatic N) is 1. The number of morpholine rings is 1. The second-order valence-electron chi connectivity index (χ2n) is 4.51. The smallest absolute Gasteiger partial charge is 0.318 e. The number of rotatable bonds is 4. The van der Waals surface area contributed by atoms with Crippen molar-refractivity contribution in [2.75, 3.05) is 26.3 Å². The number of hydrazine groups is 1. The summed E-state index contributed by atoms with van der Waals surface area (Å²) in [5, 5.41) is 5.02. The lowest BCUT2D eigenvalue weighted by atomic mass is 10.2. The Morgan fingerprint density at radius 3 is 2.15 bits per heavy atom. The van der Waals surface area contributed by atoms with Crippen molar-refractivity contribution < 1.29 is 19.1 Å². The molecule has 1 rings (SSSR count). The quantitative estimate of drug-likeness (QED) is 0.268. The summed E-state index contributed by atoms with van der Waals surface area (Å²) in [6.45, 7) is 5.00. The molecular formula is C11H21N5O4. The van der Waals surface area contributed by atoms with E-state index in [9.17, 15) is 14.4 Å². The minimum absolute atomic E-state index is 0.327. The van der Waals surface area contributed by atoms with Gasteiger partial charge in [0.15, 0.2) is 0 Å². The first kappa shape index (κ1) is 16.2. The molecule has 0 aromatic rings. The number of nitrogens with one attached hydrogen (secondary N) is 3. The summed E-state index contributed by atoms with van der Waals surface area (Å²) in [4.78, 5) is 36.4. The molecule has 0 unspecified atom stereocenters. The Bertz CT molecular complexity index is 370. The lowest BCUT2D eigenvalue weighted by Gasteiger charge is -2.28. The monoisotopic (exact) mass is 287 g/mol.